The average molecular weight is 246 g/mol. The van der Waals surface area contributed by atoms with E-state index in [9.17, 15) is 12.8 Å². The standard InChI is InChI=1S/C9H11FN2O3S/c10-8-3-6(11)1-2-9(8)16(14,15)12-4-7(13)5-12/h1-3,7,13H,4-5,11H2. The van der Waals surface area contributed by atoms with Crippen LogP contribution in [0.2, 0.25) is 0 Å². The molecule has 1 fully saturated rings. The van der Waals surface area contributed by atoms with Crippen molar-refractivity contribution in [2.24, 2.45) is 0 Å². The number of aliphatic hydroxyl groups excluding tert-OH is 1. The fraction of sp³-hybridized carbons (Fsp3) is 0.333. The van der Waals surface area contributed by atoms with Crippen molar-refractivity contribution in [3.05, 3.63) is 24.0 Å². The highest BCUT2D eigenvalue weighted by molar-refractivity contribution is 7.89. The summed E-state index contributed by atoms with van der Waals surface area (Å²) in [6.45, 7) is 0.0122. The van der Waals surface area contributed by atoms with E-state index in [2.05, 4.69) is 0 Å². The SMILES string of the molecule is Nc1ccc(S(=O)(=O)N2CC(O)C2)c(F)c1. The van der Waals surface area contributed by atoms with E-state index in [0.29, 0.717) is 0 Å². The molecule has 1 aliphatic rings. The second kappa shape index (κ2) is 3.69. The molecule has 1 aromatic carbocycles. The molecule has 7 heteroatoms. The minimum Gasteiger partial charge on any atom is -0.399 e. The van der Waals surface area contributed by atoms with Gasteiger partial charge in [-0.1, -0.05) is 0 Å². The van der Waals surface area contributed by atoms with Crippen LogP contribution in [0.15, 0.2) is 23.1 Å². The number of β-amino-alcohol motifs (C(OH)–C–C–N with tert-alkyl or cyclic N) is 1. The first-order valence-corrected chi connectivity index (χ1v) is 6.08. The Morgan fingerprint density at radius 3 is 2.56 bits per heavy atom. The number of hydrogen-bond acceptors (Lipinski definition) is 4. The Morgan fingerprint density at radius 1 is 1.44 bits per heavy atom. The summed E-state index contributed by atoms with van der Waals surface area (Å²) in [5.41, 5.74) is 5.49. The Labute approximate surface area is 92.3 Å². The van der Waals surface area contributed by atoms with Gasteiger partial charge in [0.25, 0.3) is 0 Å². The van der Waals surface area contributed by atoms with Gasteiger partial charge >= 0.3 is 0 Å². The van der Waals surface area contributed by atoms with Gasteiger partial charge in [0.05, 0.1) is 6.10 Å². The van der Waals surface area contributed by atoms with Gasteiger partial charge < -0.3 is 10.8 Å². The largest absolute Gasteiger partial charge is 0.399 e. The van der Waals surface area contributed by atoms with Crippen LogP contribution in [0.1, 0.15) is 0 Å². The first-order chi connectivity index (χ1) is 7.41. The normalized spacial score (nSPS) is 18.4. The Hall–Kier alpha value is -1.18. The molecule has 0 spiro atoms. The van der Waals surface area contributed by atoms with Gasteiger partial charge in [-0.2, -0.15) is 4.31 Å². The Morgan fingerprint density at radius 2 is 2.06 bits per heavy atom. The van der Waals surface area contributed by atoms with Gasteiger partial charge in [-0.05, 0) is 18.2 Å². The summed E-state index contributed by atoms with van der Waals surface area (Å²) in [4.78, 5) is -0.409. The lowest BCUT2D eigenvalue weighted by molar-refractivity contribution is 0.0546. The fourth-order valence-corrected chi connectivity index (χ4v) is 3.04. The summed E-state index contributed by atoms with van der Waals surface area (Å²) in [6, 6.07) is 3.42. The van der Waals surface area contributed by atoms with E-state index in [4.69, 9.17) is 10.8 Å². The molecule has 0 radical (unpaired) electrons. The first kappa shape index (κ1) is 11.3. The molecule has 0 atom stereocenters. The Balaban J connectivity index is 2.36. The van der Waals surface area contributed by atoms with Crippen molar-refractivity contribution in [1.82, 2.24) is 4.31 Å². The van der Waals surface area contributed by atoms with E-state index >= 15 is 0 Å². The molecular formula is C9H11FN2O3S. The van der Waals surface area contributed by atoms with Crippen LogP contribution in [0.3, 0.4) is 0 Å². The van der Waals surface area contributed by atoms with Crippen LogP contribution in [0.25, 0.3) is 0 Å². The molecule has 0 aliphatic carbocycles. The molecule has 88 valence electrons. The number of anilines is 1. The number of rotatable bonds is 2. The summed E-state index contributed by atoms with van der Waals surface area (Å²) in [5.74, 6) is -0.874. The minimum atomic E-state index is -3.84. The molecule has 16 heavy (non-hydrogen) atoms. The molecule has 1 aliphatic heterocycles. The van der Waals surface area contributed by atoms with Gasteiger partial charge in [0.2, 0.25) is 10.0 Å². The van der Waals surface area contributed by atoms with Crippen molar-refractivity contribution >= 4 is 15.7 Å². The van der Waals surface area contributed by atoms with Crippen LogP contribution in [0, 0.1) is 5.82 Å². The fourth-order valence-electron chi connectivity index (χ4n) is 1.48. The van der Waals surface area contributed by atoms with Crippen LogP contribution in [0.4, 0.5) is 10.1 Å². The second-order valence-corrected chi connectivity index (χ2v) is 5.57. The van der Waals surface area contributed by atoms with E-state index < -0.39 is 26.8 Å². The van der Waals surface area contributed by atoms with E-state index in [1.54, 1.807) is 0 Å². The number of nitrogen functional groups attached to an aromatic ring is 1. The number of hydrogen-bond donors (Lipinski definition) is 2. The molecule has 0 bridgehead atoms. The zero-order valence-corrected chi connectivity index (χ0v) is 9.11. The summed E-state index contributed by atoms with van der Waals surface area (Å²) < 4.78 is 38.1. The van der Waals surface area contributed by atoms with Gasteiger partial charge in [-0.3, -0.25) is 0 Å². The van der Waals surface area contributed by atoms with E-state index in [1.807, 2.05) is 0 Å². The van der Waals surface area contributed by atoms with Gasteiger partial charge in [0.1, 0.15) is 10.7 Å². The minimum absolute atomic E-state index is 0.00610. The molecule has 0 saturated carbocycles. The van der Waals surface area contributed by atoms with Crippen LogP contribution in [-0.4, -0.2) is 37.0 Å². The van der Waals surface area contributed by atoms with Gasteiger partial charge in [0.15, 0.2) is 0 Å². The second-order valence-electron chi connectivity index (χ2n) is 3.67. The zero-order valence-electron chi connectivity index (χ0n) is 8.30. The summed E-state index contributed by atoms with van der Waals surface area (Å²) in [7, 11) is -3.84. The van der Waals surface area contributed by atoms with Crippen LogP contribution in [-0.2, 0) is 10.0 Å². The van der Waals surface area contributed by atoms with Gasteiger partial charge in [0, 0.05) is 18.8 Å². The molecule has 1 saturated heterocycles. The number of benzene rings is 1. The summed E-state index contributed by atoms with van der Waals surface area (Å²) >= 11 is 0. The predicted molar refractivity (Wildman–Crippen MR) is 55.6 cm³/mol. The topological polar surface area (TPSA) is 83.6 Å². The molecule has 0 aromatic heterocycles. The number of nitrogens with two attached hydrogens (primary N) is 1. The maximum Gasteiger partial charge on any atom is 0.246 e. The van der Waals surface area contributed by atoms with E-state index in [1.165, 1.54) is 6.07 Å². The molecule has 1 aromatic rings. The van der Waals surface area contributed by atoms with Crippen molar-refractivity contribution in [1.29, 1.82) is 0 Å². The maximum absolute atomic E-state index is 13.4. The Bertz CT molecular complexity index is 511. The summed E-state index contributed by atoms with van der Waals surface area (Å²) in [6.07, 6.45) is -0.661. The quantitative estimate of drug-likeness (QED) is 0.706. The van der Waals surface area contributed by atoms with Crippen LogP contribution in [0.5, 0.6) is 0 Å². The third-order valence-corrected chi connectivity index (χ3v) is 4.27. The highest BCUT2D eigenvalue weighted by Gasteiger charge is 2.36. The van der Waals surface area contributed by atoms with Crippen molar-refractivity contribution < 1.29 is 17.9 Å². The lowest BCUT2D eigenvalue weighted by Gasteiger charge is -2.34. The molecular weight excluding hydrogens is 235 g/mol. The number of sulfonamides is 1. The molecule has 0 amide bonds. The van der Waals surface area contributed by atoms with Crippen LogP contribution >= 0.6 is 0 Å². The monoisotopic (exact) mass is 246 g/mol. The molecule has 1 heterocycles. The third kappa shape index (κ3) is 1.77. The van der Waals surface area contributed by atoms with Crippen molar-refractivity contribution in [3.8, 4) is 0 Å². The first-order valence-electron chi connectivity index (χ1n) is 4.64. The number of aliphatic hydroxyl groups is 1. The molecule has 0 unspecified atom stereocenters. The van der Waals surface area contributed by atoms with Crippen molar-refractivity contribution in [2.45, 2.75) is 11.0 Å². The van der Waals surface area contributed by atoms with Gasteiger partial charge in [-0.15, -0.1) is 0 Å². The highest BCUT2D eigenvalue weighted by atomic mass is 32.2. The number of halogens is 1. The summed E-state index contributed by atoms with van der Waals surface area (Å²) in [5, 5.41) is 9.02. The highest BCUT2D eigenvalue weighted by Crippen LogP contribution is 2.24. The van der Waals surface area contributed by atoms with E-state index in [-0.39, 0.29) is 18.8 Å². The maximum atomic E-state index is 13.4. The van der Waals surface area contributed by atoms with Crippen molar-refractivity contribution in [2.75, 3.05) is 18.8 Å². The smallest absolute Gasteiger partial charge is 0.246 e. The number of nitrogens with zero attached hydrogens (tertiary/aromatic N) is 1. The third-order valence-electron chi connectivity index (χ3n) is 2.40. The van der Waals surface area contributed by atoms with Crippen LogP contribution < -0.4 is 5.73 Å². The lowest BCUT2D eigenvalue weighted by atomic mass is 10.2. The lowest BCUT2D eigenvalue weighted by Crippen LogP contribution is -2.53. The predicted octanol–water partition coefficient (Wildman–Crippen LogP) is -0.227. The zero-order chi connectivity index (χ0) is 11.9. The average Bonchev–Trinajstić information content (AvgIpc) is 2.12. The van der Waals surface area contributed by atoms with Gasteiger partial charge in [-0.25, -0.2) is 12.8 Å². The molecule has 3 N–H and O–H groups in total. The Kier molecular flexibility index (Phi) is 2.61. The van der Waals surface area contributed by atoms with Crippen molar-refractivity contribution in [3.63, 3.8) is 0 Å². The van der Waals surface area contributed by atoms with E-state index in [0.717, 1.165) is 16.4 Å². The molecule has 5 nitrogen and oxygen atoms in total. The molecule has 2 rings (SSSR count).